The quantitative estimate of drug-likeness (QED) is 0.702. The van der Waals surface area contributed by atoms with Crippen LogP contribution in [0.25, 0.3) is 0 Å². The van der Waals surface area contributed by atoms with E-state index in [2.05, 4.69) is 41.9 Å². The summed E-state index contributed by atoms with van der Waals surface area (Å²) < 4.78 is 0. The first-order valence-corrected chi connectivity index (χ1v) is 9.50. The van der Waals surface area contributed by atoms with Gasteiger partial charge in [-0.15, -0.1) is 11.8 Å². The van der Waals surface area contributed by atoms with Crippen LogP contribution in [-0.2, 0) is 11.3 Å². The highest BCUT2D eigenvalue weighted by Gasteiger charge is 2.32. The summed E-state index contributed by atoms with van der Waals surface area (Å²) in [6.07, 6.45) is 6.46. The fraction of sp³-hybridized carbons (Fsp3) is 0.400. The van der Waals surface area contributed by atoms with Crippen LogP contribution in [0.3, 0.4) is 0 Å². The van der Waals surface area contributed by atoms with E-state index in [4.69, 9.17) is 0 Å². The van der Waals surface area contributed by atoms with E-state index in [1.165, 1.54) is 16.0 Å². The maximum absolute atomic E-state index is 12.6. The summed E-state index contributed by atoms with van der Waals surface area (Å²) in [7, 11) is 0. The van der Waals surface area contributed by atoms with Crippen molar-refractivity contribution in [3.05, 3.63) is 59.4 Å². The molecule has 126 valence electrons. The van der Waals surface area contributed by atoms with Crippen molar-refractivity contribution in [1.29, 1.82) is 0 Å². The van der Waals surface area contributed by atoms with E-state index in [9.17, 15) is 4.79 Å². The van der Waals surface area contributed by atoms with Gasteiger partial charge in [0.25, 0.3) is 0 Å². The minimum atomic E-state index is 0.269. The number of nitrogens with zero attached hydrogens (tertiary/aromatic N) is 2. The van der Waals surface area contributed by atoms with Crippen molar-refractivity contribution in [3.8, 4) is 0 Å². The van der Waals surface area contributed by atoms with Gasteiger partial charge in [-0.2, -0.15) is 0 Å². The van der Waals surface area contributed by atoms with Crippen LogP contribution < -0.4 is 0 Å². The molecular weight excluding hydrogens is 316 g/mol. The molecule has 0 unspecified atom stereocenters. The van der Waals surface area contributed by atoms with Gasteiger partial charge in [-0.1, -0.05) is 6.07 Å². The van der Waals surface area contributed by atoms with Crippen LogP contribution in [0.2, 0.25) is 0 Å². The molecule has 3 nitrogen and oxygen atoms in total. The predicted molar refractivity (Wildman–Crippen MR) is 99.1 cm³/mol. The molecule has 1 amide bonds. The molecule has 1 aromatic carbocycles. The number of pyridine rings is 1. The summed E-state index contributed by atoms with van der Waals surface area (Å²) in [5.41, 5.74) is 3.78. The molecule has 4 heteroatoms. The standard InChI is InChI=1S/C20H24N2OS/c1-15-3-6-19(13-16(15)2)24-12-9-20(23)22(18-4-5-18)14-17-7-10-21-11-8-17/h3,6-8,10-11,13,18H,4-5,9,12,14H2,1-2H3. The molecule has 0 bridgehead atoms. The lowest BCUT2D eigenvalue weighted by Gasteiger charge is -2.22. The third-order valence-electron chi connectivity index (χ3n) is 4.47. The number of aryl methyl sites for hydroxylation is 2. The Bertz CT molecular complexity index is 698. The van der Waals surface area contributed by atoms with Crippen LogP contribution in [0.4, 0.5) is 0 Å². The van der Waals surface area contributed by atoms with Crippen LogP contribution in [0.1, 0.15) is 36.0 Å². The molecule has 2 aromatic rings. The zero-order valence-electron chi connectivity index (χ0n) is 14.4. The number of thioether (sulfide) groups is 1. The van der Waals surface area contributed by atoms with Gasteiger partial charge in [0.15, 0.2) is 0 Å². The lowest BCUT2D eigenvalue weighted by Crippen LogP contribution is -2.32. The number of aromatic nitrogens is 1. The summed E-state index contributed by atoms with van der Waals surface area (Å²) in [5.74, 6) is 1.10. The Kier molecular flexibility index (Phi) is 5.56. The highest BCUT2D eigenvalue weighted by molar-refractivity contribution is 7.99. The lowest BCUT2D eigenvalue weighted by atomic mass is 10.1. The Morgan fingerprint density at radius 1 is 1.17 bits per heavy atom. The van der Waals surface area contributed by atoms with Crippen LogP contribution in [0, 0.1) is 13.8 Å². The zero-order chi connectivity index (χ0) is 16.9. The normalized spacial score (nSPS) is 13.8. The summed E-state index contributed by atoms with van der Waals surface area (Å²) >= 11 is 1.77. The second-order valence-electron chi connectivity index (χ2n) is 6.45. The molecule has 1 saturated carbocycles. The zero-order valence-corrected chi connectivity index (χ0v) is 15.2. The molecule has 1 aliphatic rings. The second kappa shape index (κ2) is 7.84. The van der Waals surface area contributed by atoms with E-state index in [-0.39, 0.29) is 5.91 Å². The number of rotatable bonds is 7. The minimum Gasteiger partial charge on any atom is -0.335 e. The fourth-order valence-electron chi connectivity index (χ4n) is 2.70. The molecule has 1 aromatic heterocycles. The van der Waals surface area contributed by atoms with E-state index in [0.717, 1.165) is 24.2 Å². The van der Waals surface area contributed by atoms with Gasteiger partial charge in [0.05, 0.1) is 0 Å². The van der Waals surface area contributed by atoms with Crippen molar-refractivity contribution < 1.29 is 4.79 Å². The van der Waals surface area contributed by atoms with Gasteiger partial charge in [-0.25, -0.2) is 0 Å². The molecule has 1 fully saturated rings. The van der Waals surface area contributed by atoms with Gasteiger partial charge in [0.1, 0.15) is 0 Å². The number of benzene rings is 1. The largest absolute Gasteiger partial charge is 0.335 e. The van der Waals surface area contributed by atoms with Gasteiger partial charge in [-0.3, -0.25) is 9.78 Å². The van der Waals surface area contributed by atoms with Crippen molar-refractivity contribution >= 4 is 17.7 Å². The Balaban J connectivity index is 1.53. The molecule has 1 aliphatic carbocycles. The SMILES string of the molecule is Cc1ccc(SCCC(=O)N(Cc2ccncc2)C2CC2)cc1C. The number of amides is 1. The van der Waals surface area contributed by atoms with Gasteiger partial charge >= 0.3 is 0 Å². The number of carbonyl (C=O) groups is 1. The monoisotopic (exact) mass is 340 g/mol. The molecule has 0 spiro atoms. The van der Waals surface area contributed by atoms with Crippen LogP contribution in [0.5, 0.6) is 0 Å². The second-order valence-corrected chi connectivity index (χ2v) is 7.62. The molecule has 0 saturated heterocycles. The molecule has 0 radical (unpaired) electrons. The molecule has 0 atom stereocenters. The summed E-state index contributed by atoms with van der Waals surface area (Å²) in [5, 5.41) is 0. The predicted octanol–water partition coefficient (Wildman–Crippen LogP) is 4.37. The molecule has 0 aliphatic heterocycles. The highest BCUT2D eigenvalue weighted by Crippen LogP contribution is 2.29. The van der Waals surface area contributed by atoms with Crippen molar-refractivity contribution in [2.24, 2.45) is 0 Å². The number of carbonyl (C=O) groups excluding carboxylic acids is 1. The fourth-order valence-corrected chi connectivity index (χ4v) is 3.63. The Hall–Kier alpha value is -1.81. The lowest BCUT2D eigenvalue weighted by molar-refractivity contribution is -0.131. The third kappa shape index (κ3) is 4.60. The van der Waals surface area contributed by atoms with Crippen molar-refractivity contribution in [3.63, 3.8) is 0 Å². The maximum Gasteiger partial charge on any atom is 0.223 e. The minimum absolute atomic E-state index is 0.269. The third-order valence-corrected chi connectivity index (χ3v) is 5.47. The molecular formula is C20H24N2OS. The Morgan fingerprint density at radius 3 is 2.58 bits per heavy atom. The van der Waals surface area contributed by atoms with Crippen molar-refractivity contribution in [2.75, 3.05) is 5.75 Å². The number of hydrogen-bond acceptors (Lipinski definition) is 3. The molecule has 1 heterocycles. The highest BCUT2D eigenvalue weighted by atomic mass is 32.2. The Morgan fingerprint density at radius 2 is 1.92 bits per heavy atom. The topological polar surface area (TPSA) is 33.2 Å². The van der Waals surface area contributed by atoms with E-state index in [0.29, 0.717) is 19.0 Å². The molecule has 0 N–H and O–H groups in total. The van der Waals surface area contributed by atoms with E-state index in [1.807, 2.05) is 12.1 Å². The van der Waals surface area contributed by atoms with Gasteiger partial charge in [0, 0.05) is 42.0 Å². The summed E-state index contributed by atoms with van der Waals surface area (Å²) in [6.45, 7) is 4.97. The first kappa shape index (κ1) is 17.0. The summed E-state index contributed by atoms with van der Waals surface area (Å²) in [4.78, 5) is 20.0. The van der Waals surface area contributed by atoms with Gasteiger partial charge in [-0.05, 0) is 67.6 Å². The Labute approximate surface area is 148 Å². The van der Waals surface area contributed by atoms with Crippen LogP contribution in [-0.4, -0.2) is 27.6 Å². The van der Waals surface area contributed by atoms with Crippen molar-refractivity contribution in [2.45, 2.75) is 50.6 Å². The average molecular weight is 340 g/mol. The van der Waals surface area contributed by atoms with Crippen LogP contribution in [0.15, 0.2) is 47.6 Å². The van der Waals surface area contributed by atoms with Gasteiger partial charge in [0.2, 0.25) is 5.91 Å². The molecule has 24 heavy (non-hydrogen) atoms. The smallest absolute Gasteiger partial charge is 0.223 e. The van der Waals surface area contributed by atoms with Crippen LogP contribution >= 0.6 is 11.8 Å². The van der Waals surface area contributed by atoms with Crippen molar-refractivity contribution in [1.82, 2.24) is 9.88 Å². The van der Waals surface area contributed by atoms with E-state index < -0.39 is 0 Å². The first-order valence-electron chi connectivity index (χ1n) is 8.52. The maximum atomic E-state index is 12.6. The van der Waals surface area contributed by atoms with E-state index >= 15 is 0 Å². The van der Waals surface area contributed by atoms with Gasteiger partial charge < -0.3 is 4.90 Å². The summed E-state index contributed by atoms with van der Waals surface area (Å²) in [6, 6.07) is 10.9. The molecule has 3 rings (SSSR count). The first-order chi connectivity index (χ1) is 11.6. The average Bonchev–Trinajstić information content (AvgIpc) is 3.41. The van der Waals surface area contributed by atoms with E-state index in [1.54, 1.807) is 24.2 Å². The number of hydrogen-bond donors (Lipinski definition) is 0.